The normalized spacial score (nSPS) is 14.0. The molecule has 0 fully saturated rings. The fourth-order valence-corrected chi connectivity index (χ4v) is 2.85. The van der Waals surface area contributed by atoms with Gasteiger partial charge in [0.05, 0.1) is 6.54 Å². The van der Waals surface area contributed by atoms with E-state index in [-0.39, 0.29) is 0 Å². The lowest BCUT2D eigenvalue weighted by atomic mass is 10.1. The van der Waals surface area contributed by atoms with Gasteiger partial charge in [0, 0.05) is 28.4 Å². The largest absolute Gasteiger partial charge is 0.491 e. The molecule has 21 heavy (non-hydrogen) atoms. The fourth-order valence-electron chi connectivity index (χ4n) is 2.51. The van der Waals surface area contributed by atoms with E-state index >= 15 is 0 Å². The Morgan fingerprint density at radius 2 is 2.05 bits per heavy atom. The van der Waals surface area contributed by atoms with Crippen LogP contribution >= 0.6 is 23.8 Å². The number of para-hydroxylation sites is 1. The molecule has 0 radical (unpaired) electrons. The van der Waals surface area contributed by atoms with Crippen molar-refractivity contribution in [3.8, 4) is 5.75 Å². The Morgan fingerprint density at radius 1 is 1.24 bits per heavy atom. The Labute approximate surface area is 134 Å². The Bertz CT molecular complexity index is 690. The molecule has 0 spiro atoms. The first-order valence-electron chi connectivity index (χ1n) is 6.70. The molecule has 0 unspecified atom stereocenters. The first kappa shape index (κ1) is 14.2. The van der Waals surface area contributed by atoms with E-state index in [9.17, 15) is 0 Å². The summed E-state index contributed by atoms with van der Waals surface area (Å²) in [6, 6.07) is 13.6. The average Bonchev–Trinajstić information content (AvgIpc) is 2.68. The molecule has 1 aliphatic heterocycles. The molecule has 0 bridgehead atoms. The predicted octanol–water partition coefficient (Wildman–Crippen LogP) is 3.37. The summed E-state index contributed by atoms with van der Waals surface area (Å²) in [4.78, 5) is 2.58. The molecule has 2 aromatic rings. The summed E-state index contributed by atoms with van der Waals surface area (Å²) in [7, 11) is 0. The highest BCUT2D eigenvalue weighted by Gasteiger charge is 2.18. The summed E-state index contributed by atoms with van der Waals surface area (Å²) in [6.07, 6.45) is 0. The second-order valence-corrected chi connectivity index (χ2v) is 5.78. The van der Waals surface area contributed by atoms with Crippen LogP contribution < -0.4 is 15.4 Å². The molecule has 0 aliphatic carbocycles. The maximum absolute atomic E-state index is 6.14. The third-order valence-corrected chi connectivity index (χ3v) is 3.97. The maximum Gasteiger partial charge on any atom is 0.124 e. The minimum atomic E-state index is 0.375. The van der Waals surface area contributed by atoms with Crippen LogP contribution in [0.15, 0.2) is 42.5 Å². The number of rotatable bonds is 2. The summed E-state index contributed by atoms with van der Waals surface area (Å²) >= 11 is 11.3. The third-order valence-electron chi connectivity index (χ3n) is 3.52. The van der Waals surface area contributed by atoms with E-state index in [1.165, 1.54) is 0 Å². The van der Waals surface area contributed by atoms with Crippen LogP contribution in [0.3, 0.4) is 0 Å². The van der Waals surface area contributed by atoms with Crippen LogP contribution in [0.25, 0.3) is 0 Å². The number of hydrogen-bond acceptors (Lipinski definition) is 3. The van der Waals surface area contributed by atoms with Crippen LogP contribution in [0.2, 0.25) is 5.02 Å². The van der Waals surface area contributed by atoms with Gasteiger partial charge >= 0.3 is 0 Å². The molecule has 0 amide bonds. The minimum Gasteiger partial charge on any atom is -0.491 e. The highest BCUT2D eigenvalue weighted by Crippen LogP contribution is 2.30. The number of halogens is 1. The summed E-state index contributed by atoms with van der Waals surface area (Å²) in [5.41, 5.74) is 8.77. The number of nitrogens with two attached hydrogens (primary N) is 1. The van der Waals surface area contributed by atoms with Crippen LogP contribution in [-0.4, -0.2) is 18.1 Å². The predicted molar refractivity (Wildman–Crippen MR) is 90.3 cm³/mol. The van der Waals surface area contributed by atoms with Gasteiger partial charge in [-0.15, -0.1) is 0 Å². The van der Waals surface area contributed by atoms with Gasteiger partial charge in [0.1, 0.15) is 17.3 Å². The molecule has 2 N–H and O–H groups in total. The van der Waals surface area contributed by atoms with Crippen molar-refractivity contribution in [2.45, 2.75) is 6.54 Å². The van der Waals surface area contributed by atoms with Crippen LogP contribution in [0.4, 0.5) is 5.69 Å². The lowest BCUT2D eigenvalue weighted by molar-refractivity contribution is 0.331. The summed E-state index contributed by atoms with van der Waals surface area (Å²) in [6.45, 7) is 2.11. The third kappa shape index (κ3) is 2.96. The van der Waals surface area contributed by atoms with Crippen LogP contribution in [-0.2, 0) is 6.54 Å². The molecule has 2 aromatic carbocycles. The lowest BCUT2D eigenvalue weighted by Crippen LogP contribution is -2.28. The average molecular weight is 319 g/mol. The standard InChI is InChI=1S/C16H15ClN2OS/c17-12-5-6-13(16(18)21)14(9-12)19-7-8-20-15-4-2-1-3-11(15)10-19/h1-6,9H,7-8,10H2,(H2,18,21). The highest BCUT2D eigenvalue weighted by molar-refractivity contribution is 7.80. The molecule has 3 rings (SSSR count). The van der Waals surface area contributed by atoms with E-state index in [2.05, 4.69) is 11.0 Å². The molecule has 5 heteroatoms. The van der Waals surface area contributed by atoms with Gasteiger partial charge in [0.25, 0.3) is 0 Å². The monoisotopic (exact) mass is 318 g/mol. The van der Waals surface area contributed by atoms with E-state index in [1.54, 1.807) is 0 Å². The highest BCUT2D eigenvalue weighted by atomic mass is 35.5. The molecular formula is C16H15ClN2OS. The first-order chi connectivity index (χ1) is 10.1. The van der Waals surface area contributed by atoms with Gasteiger partial charge in [-0.25, -0.2) is 0 Å². The van der Waals surface area contributed by atoms with E-state index < -0.39 is 0 Å². The zero-order chi connectivity index (χ0) is 14.8. The van der Waals surface area contributed by atoms with Crippen LogP contribution in [0.1, 0.15) is 11.1 Å². The Kier molecular flexibility index (Phi) is 3.99. The summed E-state index contributed by atoms with van der Waals surface area (Å²) < 4.78 is 5.79. The second kappa shape index (κ2) is 5.92. The number of nitrogens with zero attached hydrogens (tertiary/aromatic N) is 1. The molecular weight excluding hydrogens is 304 g/mol. The minimum absolute atomic E-state index is 0.375. The van der Waals surface area contributed by atoms with Gasteiger partial charge in [0.15, 0.2) is 0 Å². The number of anilines is 1. The molecule has 108 valence electrons. The second-order valence-electron chi connectivity index (χ2n) is 4.90. The summed E-state index contributed by atoms with van der Waals surface area (Å²) in [5, 5.41) is 0.670. The van der Waals surface area contributed by atoms with Gasteiger partial charge in [-0.3, -0.25) is 0 Å². The SMILES string of the molecule is NC(=S)c1ccc(Cl)cc1N1CCOc2ccccc2C1. The molecule has 1 heterocycles. The molecule has 0 aromatic heterocycles. The molecule has 0 saturated carbocycles. The zero-order valence-corrected chi connectivity index (χ0v) is 13.0. The smallest absolute Gasteiger partial charge is 0.124 e. The molecule has 1 aliphatic rings. The van der Waals surface area contributed by atoms with Crippen molar-refractivity contribution in [1.29, 1.82) is 0 Å². The van der Waals surface area contributed by atoms with Crippen molar-refractivity contribution in [2.75, 3.05) is 18.1 Å². The molecule has 3 nitrogen and oxygen atoms in total. The molecule has 0 atom stereocenters. The zero-order valence-electron chi connectivity index (χ0n) is 11.4. The van der Waals surface area contributed by atoms with Gasteiger partial charge in [-0.1, -0.05) is 42.0 Å². The number of fused-ring (bicyclic) bond motifs is 1. The van der Waals surface area contributed by atoms with E-state index in [4.69, 9.17) is 34.3 Å². The van der Waals surface area contributed by atoms with Gasteiger partial charge in [0.2, 0.25) is 0 Å². The van der Waals surface area contributed by atoms with Gasteiger partial charge in [-0.05, 0) is 24.3 Å². The topological polar surface area (TPSA) is 38.5 Å². The van der Waals surface area contributed by atoms with Crippen molar-refractivity contribution in [2.24, 2.45) is 5.73 Å². The fraction of sp³-hybridized carbons (Fsp3) is 0.188. The van der Waals surface area contributed by atoms with Gasteiger partial charge < -0.3 is 15.4 Å². The van der Waals surface area contributed by atoms with Crippen molar-refractivity contribution in [1.82, 2.24) is 0 Å². The Balaban J connectivity index is 2.01. The lowest BCUT2D eigenvalue weighted by Gasteiger charge is -2.25. The molecule has 0 saturated heterocycles. The van der Waals surface area contributed by atoms with E-state index in [0.717, 1.165) is 35.7 Å². The van der Waals surface area contributed by atoms with Crippen molar-refractivity contribution in [3.63, 3.8) is 0 Å². The van der Waals surface area contributed by atoms with Crippen molar-refractivity contribution >= 4 is 34.5 Å². The Hall–Kier alpha value is -1.78. The maximum atomic E-state index is 6.14. The van der Waals surface area contributed by atoms with Gasteiger partial charge in [-0.2, -0.15) is 0 Å². The number of ether oxygens (including phenoxy) is 1. The van der Waals surface area contributed by atoms with Crippen LogP contribution in [0.5, 0.6) is 5.75 Å². The van der Waals surface area contributed by atoms with Crippen molar-refractivity contribution < 1.29 is 4.74 Å². The Morgan fingerprint density at radius 3 is 2.86 bits per heavy atom. The van der Waals surface area contributed by atoms with Crippen molar-refractivity contribution in [3.05, 3.63) is 58.6 Å². The van der Waals surface area contributed by atoms with E-state index in [0.29, 0.717) is 16.6 Å². The first-order valence-corrected chi connectivity index (χ1v) is 7.49. The number of hydrogen-bond donors (Lipinski definition) is 1. The van der Waals surface area contributed by atoms with E-state index in [1.807, 2.05) is 36.4 Å². The number of thiocarbonyl (C=S) groups is 1. The quantitative estimate of drug-likeness (QED) is 0.862. The number of benzene rings is 2. The summed E-state index contributed by atoms with van der Waals surface area (Å²) in [5.74, 6) is 0.930. The van der Waals surface area contributed by atoms with Crippen LogP contribution in [0, 0.1) is 0 Å².